The Kier molecular flexibility index (Phi) is 1.03. The van der Waals surface area contributed by atoms with Crippen LogP contribution in [0.25, 0.3) is 4.85 Å². The predicted octanol–water partition coefficient (Wildman–Crippen LogP) is 1.43. The van der Waals surface area contributed by atoms with Crippen molar-refractivity contribution in [1.82, 2.24) is 0 Å². The maximum absolute atomic E-state index is 10.4. The second kappa shape index (κ2) is 1.17. The van der Waals surface area contributed by atoms with E-state index in [2.05, 4.69) is 0 Å². The third-order valence-corrected chi connectivity index (χ3v) is 0.127. The highest BCUT2D eigenvalue weighted by molar-refractivity contribution is 4.60. The molecule has 0 aromatic heterocycles. The van der Waals surface area contributed by atoms with Crippen LogP contribution in [0.4, 0.5) is 13.2 Å². The minimum atomic E-state index is -4.67. The highest BCUT2D eigenvalue weighted by atomic mass is 19.4. The van der Waals surface area contributed by atoms with Gasteiger partial charge in [0, 0.05) is 0 Å². The van der Waals surface area contributed by atoms with Crippen LogP contribution in [0.2, 0.25) is 0 Å². The van der Waals surface area contributed by atoms with E-state index >= 15 is 0 Å². The molecule has 4 heteroatoms. The van der Waals surface area contributed by atoms with Gasteiger partial charge in [0.05, 0.1) is 0 Å². The van der Waals surface area contributed by atoms with Crippen LogP contribution in [0.5, 0.6) is 0 Å². The second-order valence-corrected chi connectivity index (χ2v) is 0.580. The lowest BCUT2D eigenvalue weighted by Crippen LogP contribution is -1.95. The fourth-order valence-corrected chi connectivity index (χ4v) is 0. The van der Waals surface area contributed by atoms with Gasteiger partial charge in [-0.15, -0.1) is 0 Å². The van der Waals surface area contributed by atoms with Gasteiger partial charge in [-0.1, -0.05) is 13.2 Å². The lowest BCUT2D eigenvalue weighted by atomic mass is 11.2. The molecule has 0 bridgehead atoms. The lowest BCUT2D eigenvalue weighted by Gasteiger charge is -1.79. The summed E-state index contributed by atoms with van der Waals surface area (Å²) in [5.41, 5.74) is 0. The molecule has 0 fully saturated rings. The molecular weight excluding hydrogens is 95.0 g/mol. The third-order valence-electron chi connectivity index (χ3n) is 0.127. The van der Waals surface area contributed by atoms with Crippen LogP contribution >= 0.6 is 0 Å². The van der Waals surface area contributed by atoms with Gasteiger partial charge in [-0.2, -0.15) is 0 Å². The Hall–Kier alpha value is -0.720. The zero-order valence-electron chi connectivity index (χ0n) is 2.58. The molecule has 0 spiro atoms. The molecule has 0 aliphatic carbocycles. The molecule has 0 saturated carbocycles. The Morgan fingerprint density at radius 1 is 1.33 bits per heavy atom. The molecule has 6 heavy (non-hydrogen) atoms. The second-order valence-electron chi connectivity index (χ2n) is 0.580. The Morgan fingerprint density at radius 3 is 1.50 bits per heavy atom. The molecule has 0 aromatic carbocycles. The van der Waals surface area contributed by atoms with Crippen LogP contribution in [-0.2, 0) is 0 Å². The van der Waals surface area contributed by atoms with Crippen LogP contribution in [0.1, 0.15) is 0 Å². The van der Waals surface area contributed by atoms with Gasteiger partial charge in [-0.05, 0) is 0 Å². The number of hydrogen-bond donors (Lipinski definition) is 0. The minimum absolute atomic E-state index is 1.27. The number of nitrogens with zero attached hydrogens (tertiary/aromatic N) is 1. The Labute approximate surface area is 32.2 Å². The fraction of sp³-hybridized carbons (Fsp3) is 0.500. The summed E-state index contributed by atoms with van der Waals surface area (Å²) in [6, 6.07) is 0. The molecule has 0 aromatic rings. The van der Waals surface area contributed by atoms with Crippen LogP contribution in [0.15, 0.2) is 0 Å². The summed E-state index contributed by atoms with van der Waals surface area (Å²) >= 11 is 0. The lowest BCUT2D eigenvalue weighted by molar-refractivity contribution is -0.0826. The molecule has 1 nitrogen and oxygen atoms in total. The summed E-state index contributed by atoms with van der Waals surface area (Å²) in [5, 5.41) is 0. The van der Waals surface area contributed by atoms with Gasteiger partial charge in [0.15, 0.2) is 0 Å². The Balaban J connectivity index is 3.55. The van der Waals surface area contributed by atoms with E-state index in [9.17, 15) is 13.2 Å². The van der Waals surface area contributed by atoms with E-state index in [0.29, 0.717) is 0 Å². The van der Waals surface area contributed by atoms with Gasteiger partial charge in [-0.25, -0.2) is 11.4 Å². The van der Waals surface area contributed by atoms with Crippen molar-refractivity contribution in [1.29, 1.82) is 0 Å². The smallest absolute Gasteiger partial charge is 0.223 e. The van der Waals surface area contributed by atoms with Gasteiger partial charge >= 0.3 is 6.30 Å². The van der Waals surface area contributed by atoms with E-state index in [1.54, 1.807) is 0 Å². The molecular formula is C2F3N. The van der Waals surface area contributed by atoms with Crippen molar-refractivity contribution in [2.45, 2.75) is 6.30 Å². The molecule has 0 rings (SSSR count). The zero-order valence-corrected chi connectivity index (χ0v) is 2.58. The summed E-state index contributed by atoms with van der Waals surface area (Å²) in [4.78, 5) is 1.27. The van der Waals surface area contributed by atoms with E-state index in [-0.39, 0.29) is 0 Å². The van der Waals surface area contributed by atoms with Crippen molar-refractivity contribution in [2.24, 2.45) is 0 Å². The normalized spacial score (nSPS) is 10.3. The van der Waals surface area contributed by atoms with Crippen LogP contribution in [0, 0.1) is 6.57 Å². The first kappa shape index (κ1) is 5.28. The van der Waals surface area contributed by atoms with E-state index in [1.165, 1.54) is 4.85 Å². The van der Waals surface area contributed by atoms with Crippen LogP contribution in [-0.4, -0.2) is 6.30 Å². The molecule has 0 aliphatic rings. The first-order valence-electron chi connectivity index (χ1n) is 1.01. The zero-order chi connectivity index (χ0) is 5.21. The van der Waals surface area contributed by atoms with Gasteiger partial charge in [-0.3, -0.25) is 0 Å². The summed E-state index contributed by atoms with van der Waals surface area (Å²) in [7, 11) is 0. The van der Waals surface area contributed by atoms with Gasteiger partial charge in [0.2, 0.25) is 0 Å². The van der Waals surface area contributed by atoms with Gasteiger partial charge < -0.3 is 0 Å². The molecule has 0 heterocycles. The molecule has 0 unspecified atom stereocenters. The number of hydrogen-bond acceptors (Lipinski definition) is 0. The first-order chi connectivity index (χ1) is 2.56. The number of alkyl halides is 3. The largest absolute Gasteiger partial charge is 0.711 e. The maximum Gasteiger partial charge on any atom is 0.711 e. The monoisotopic (exact) mass is 95.0 g/mol. The van der Waals surface area contributed by atoms with Crippen LogP contribution < -0.4 is 0 Å². The van der Waals surface area contributed by atoms with E-state index in [4.69, 9.17) is 6.57 Å². The minimum Gasteiger partial charge on any atom is -0.223 e. The van der Waals surface area contributed by atoms with Crippen molar-refractivity contribution in [2.75, 3.05) is 0 Å². The maximum atomic E-state index is 10.4. The molecule has 0 atom stereocenters. The van der Waals surface area contributed by atoms with Crippen molar-refractivity contribution in [3.05, 3.63) is 11.4 Å². The molecule has 34 valence electrons. The van der Waals surface area contributed by atoms with Crippen molar-refractivity contribution in [3.63, 3.8) is 0 Å². The first-order valence-corrected chi connectivity index (χ1v) is 1.01. The summed E-state index contributed by atoms with van der Waals surface area (Å²) in [5.74, 6) is 0. The topological polar surface area (TPSA) is 4.36 Å². The van der Waals surface area contributed by atoms with Gasteiger partial charge in [0.25, 0.3) is 0 Å². The van der Waals surface area contributed by atoms with Gasteiger partial charge in [0.1, 0.15) is 0 Å². The standard InChI is InChI=1S/C2F3N/c1-6-2(3,4)5. The molecule has 0 aliphatic heterocycles. The SMILES string of the molecule is [C-]#[N+]C(F)(F)F. The van der Waals surface area contributed by atoms with E-state index in [0.717, 1.165) is 0 Å². The molecule has 0 N–H and O–H groups in total. The van der Waals surface area contributed by atoms with Crippen LogP contribution in [0.3, 0.4) is 0 Å². The molecule has 0 amide bonds. The van der Waals surface area contributed by atoms with E-state index < -0.39 is 6.30 Å². The average molecular weight is 95.0 g/mol. The predicted molar refractivity (Wildman–Crippen MR) is 12.7 cm³/mol. The highest BCUT2D eigenvalue weighted by Crippen LogP contribution is 2.14. The summed E-state index contributed by atoms with van der Waals surface area (Å²) in [6.45, 7) is 5.35. The Morgan fingerprint density at radius 2 is 1.50 bits per heavy atom. The fourth-order valence-electron chi connectivity index (χ4n) is 0. The highest BCUT2D eigenvalue weighted by Gasteiger charge is 2.35. The number of rotatable bonds is 0. The quantitative estimate of drug-likeness (QED) is 0.316. The summed E-state index contributed by atoms with van der Waals surface area (Å²) in [6.07, 6.45) is -4.67. The molecule has 0 radical (unpaired) electrons. The molecule has 0 saturated heterocycles. The van der Waals surface area contributed by atoms with Crippen molar-refractivity contribution >= 4 is 0 Å². The average Bonchev–Trinajstić information content (AvgIpc) is 1.35. The van der Waals surface area contributed by atoms with Crippen molar-refractivity contribution < 1.29 is 13.2 Å². The third kappa shape index (κ3) is 3.28. The number of halogens is 3. The van der Waals surface area contributed by atoms with E-state index in [1.807, 2.05) is 0 Å². The van der Waals surface area contributed by atoms with Crippen molar-refractivity contribution in [3.8, 4) is 0 Å². The summed E-state index contributed by atoms with van der Waals surface area (Å²) < 4.78 is 31.3. The Bertz CT molecular complexity index is 75.8.